The van der Waals surface area contributed by atoms with Crippen molar-refractivity contribution in [2.45, 2.75) is 17.4 Å². The van der Waals surface area contributed by atoms with Crippen LogP contribution in [0, 0.1) is 0 Å². The first kappa shape index (κ1) is 19.5. The summed E-state index contributed by atoms with van der Waals surface area (Å²) in [6.45, 7) is 2.31. The third-order valence-corrected chi connectivity index (χ3v) is 5.57. The molecule has 144 valence electrons. The van der Waals surface area contributed by atoms with Crippen molar-refractivity contribution in [1.29, 1.82) is 0 Å². The third kappa shape index (κ3) is 4.93. The van der Waals surface area contributed by atoms with Crippen molar-refractivity contribution < 1.29 is 14.3 Å². The number of rotatable bonds is 7. The first-order chi connectivity index (χ1) is 13.2. The number of piperazine rings is 1. The Balaban J connectivity index is 1.58. The second-order valence-corrected chi connectivity index (χ2v) is 7.38. The van der Waals surface area contributed by atoms with Gasteiger partial charge >= 0.3 is 0 Å². The number of hydrogen-bond acceptors (Lipinski definition) is 6. The molecule has 1 amide bonds. The lowest BCUT2D eigenvalue weighted by molar-refractivity contribution is -0.134. The minimum Gasteiger partial charge on any atom is -0.493 e. The van der Waals surface area contributed by atoms with Crippen LogP contribution in [-0.4, -0.2) is 55.4 Å². The molecule has 0 aliphatic carbocycles. The van der Waals surface area contributed by atoms with Crippen molar-refractivity contribution in [3.8, 4) is 11.5 Å². The second kappa shape index (κ2) is 9.62. The van der Waals surface area contributed by atoms with Gasteiger partial charge < -0.3 is 19.7 Å². The maximum absolute atomic E-state index is 12.8. The summed E-state index contributed by atoms with van der Waals surface area (Å²) in [6.07, 6.45) is 4.10. The van der Waals surface area contributed by atoms with E-state index >= 15 is 0 Å². The van der Waals surface area contributed by atoms with Crippen LogP contribution in [0.4, 0.5) is 0 Å². The molecule has 0 saturated carbocycles. The van der Waals surface area contributed by atoms with Gasteiger partial charge in [-0.3, -0.25) is 9.78 Å². The Bertz CT molecular complexity index is 757. The number of ether oxygens (including phenoxy) is 2. The summed E-state index contributed by atoms with van der Waals surface area (Å²) in [7, 11) is 3.24. The molecule has 0 bridgehead atoms. The fourth-order valence-electron chi connectivity index (χ4n) is 3.18. The molecule has 1 unspecified atom stereocenters. The predicted octanol–water partition coefficient (Wildman–Crippen LogP) is 2.75. The summed E-state index contributed by atoms with van der Waals surface area (Å²) in [6, 6.07) is 9.81. The molecule has 2 aromatic rings. The summed E-state index contributed by atoms with van der Waals surface area (Å²) >= 11 is 1.65. The number of benzene rings is 1. The summed E-state index contributed by atoms with van der Waals surface area (Å²) in [4.78, 5) is 20.0. The number of thioether (sulfide) groups is 1. The molecule has 1 aliphatic rings. The summed E-state index contributed by atoms with van der Waals surface area (Å²) < 4.78 is 10.6. The van der Waals surface area contributed by atoms with Crippen LogP contribution < -0.4 is 14.8 Å². The fraction of sp³-hybridized carbons (Fsp3) is 0.400. The van der Waals surface area contributed by atoms with Gasteiger partial charge in [0.05, 0.1) is 20.3 Å². The number of carbonyl (C=O) groups excluding carboxylic acids is 1. The zero-order valence-corrected chi connectivity index (χ0v) is 16.5. The van der Waals surface area contributed by atoms with Crippen LogP contribution in [0.3, 0.4) is 0 Å². The van der Waals surface area contributed by atoms with Crippen molar-refractivity contribution in [2.24, 2.45) is 0 Å². The Morgan fingerprint density at radius 3 is 2.89 bits per heavy atom. The number of pyridine rings is 1. The van der Waals surface area contributed by atoms with Crippen LogP contribution in [0.15, 0.2) is 47.6 Å². The van der Waals surface area contributed by atoms with Crippen molar-refractivity contribution in [2.75, 3.05) is 39.6 Å². The molecule has 0 spiro atoms. The largest absolute Gasteiger partial charge is 0.493 e. The molecule has 27 heavy (non-hydrogen) atoms. The summed E-state index contributed by atoms with van der Waals surface area (Å²) in [5, 5.41) is 3.37. The highest BCUT2D eigenvalue weighted by Gasteiger charge is 2.27. The van der Waals surface area contributed by atoms with E-state index in [4.69, 9.17) is 9.47 Å². The molecule has 1 aliphatic heterocycles. The first-order valence-electron chi connectivity index (χ1n) is 8.98. The predicted molar refractivity (Wildman–Crippen MR) is 106 cm³/mol. The first-order valence-corrected chi connectivity index (χ1v) is 9.96. The normalized spacial score (nSPS) is 16.8. The summed E-state index contributed by atoms with van der Waals surface area (Å²) in [5.41, 5.74) is 1.07. The quantitative estimate of drug-likeness (QED) is 0.737. The molecule has 1 fully saturated rings. The molecular weight excluding hydrogens is 362 g/mol. The molecule has 7 heteroatoms. The Hall–Kier alpha value is -2.25. The number of nitrogens with one attached hydrogen (secondary N) is 1. The van der Waals surface area contributed by atoms with Crippen molar-refractivity contribution in [3.05, 3.63) is 48.3 Å². The Morgan fingerprint density at radius 1 is 1.30 bits per heavy atom. The maximum atomic E-state index is 12.8. The SMILES string of the molecule is COc1ccc(SCCC(=O)N2CCNCC2c2cccnc2)cc1OC. The van der Waals surface area contributed by atoms with Crippen LogP contribution in [-0.2, 0) is 4.79 Å². The lowest BCUT2D eigenvalue weighted by Crippen LogP contribution is -2.48. The van der Waals surface area contributed by atoms with Crippen LogP contribution >= 0.6 is 11.8 Å². The van der Waals surface area contributed by atoms with Gasteiger partial charge in [-0.05, 0) is 29.8 Å². The van der Waals surface area contributed by atoms with E-state index in [2.05, 4.69) is 10.3 Å². The summed E-state index contributed by atoms with van der Waals surface area (Å²) in [5.74, 6) is 2.31. The van der Waals surface area contributed by atoms with Crippen LogP contribution in [0.25, 0.3) is 0 Å². The van der Waals surface area contributed by atoms with E-state index in [9.17, 15) is 4.79 Å². The lowest BCUT2D eigenvalue weighted by atomic mass is 10.1. The number of methoxy groups -OCH3 is 2. The molecule has 1 aromatic carbocycles. The van der Waals surface area contributed by atoms with E-state index in [1.165, 1.54) is 0 Å². The van der Waals surface area contributed by atoms with E-state index in [1.807, 2.05) is 41.4 Å². The Morgan fingerprint density at radius 2 is 2.15 bits per heavy atom. The molecular formula is C20H25N3O3S. The molecule has 0 radical (unpaired) electrons. The zero-order valence-electron chi connectivity index (χ0n) is 15.7. The number of aromatic nitrogens is 1. The van der Waals surface area contributed by atoms with Gasteiger partial charge in [0.1, 0.15) is 0 Å². The van der Waals surface area contributed by atoms with E-state index < -0.39 is 0 Å². The number of carbonyl (C=O) groups is 1. The van der Waals surface area contributed by atoms with E-state index in [-0.39, 0.29) is 11.9 Å². The molecule has 2 heterocycles. The molecule has 1 atom stereocenters. The average Bonchev–Trinajstić information content (AvgIpc) is 2.74. The molecule has 6 nitrogen and oxygen atoms in total. The van der Waals surface area contributed by atoms with E-state index in [0.717, 1.165) is 35.8 Å². The maximum Gasteiger partial charge on any atom is 0.224 e. The van der Waals surface area contributed by atoms with Gasteiger partial charge in [0, 0.05) is 49.1 Å². The Labute approximate surface area is 164 Å². The topological polar surface area (TPSA) is 63.7 Å². The van der Waals surface area contributed by atoms with Crippen molar-refractivity contribution in [3.63, 3.8) is 0 Å². The highest BCUT2D eigenvalue weighted by Crippen LogP contribution is 2.32. The van der Waals surface area contributed by atoms with Gasteiger partial charge in [-0.1, -0.05) is 6.07 Å². The highest BCUT2D eigenvalue weighted by molar-refractivity contribution is 7.99. The minimum absolute atomic E-state index is 0.0473. The highest BCUT2D eigenvalue weighted by atomic mass is 32.2. The molecule has 1 N–H and O–H groups in total. The molecule has 1 saturated heterocycles. The average molecular weight is 388 g/mol. The van der Waals surface area contributed by atoms with E-state index in [1.54, 1.807) is 32.2 Å². The van der Waals surface area contributed by atoms with Gasteiger partial charge in [-0.15, -0.1) is 11.8 Å². The lowest BCUT2D eigenvalue weighted by Gasteiger charge is -2.36. The minimum atomic E-state index is 0.0473. The van der Waals surface area contributed by atoms with Gasteiger partial charge in [-0.2, -0.15) is 0 Å². The standard InChI is InChI=1S/C20H25N3O3S/c1-25-18-6-5-16(12-19(18)26-2)27-11-7-20(24)23-10-9-22-14-17(23)15-4-3-8-21-13-15/h3-6,8,12-13,17,22H,7,9-11,14H2,1-2H3. The number of nitrogens with zero attached hydrogens (tertiary/aromatic N) is 2. The van der Waals surface area contributed by atoms with Crippen molar-refractivity contribution in [1.82, 2.24) is 15.2 Å². The second-order valence-electron chi connectivity index (χ2n) is 6.21. The smallest absolute Gasteiger partial charge is 0.224 e. The monoisotopic (exact) mass is 387 g/mol. The van der Waals surface area contributed by atoms with Crippen LogP contribution in [0.2, 0.25) is 0 Å². The van der Waals surface area contributed by atoms with Crippen molar-refractivity contribution >= 4 is 17.7 Å². The van der Waals surface area contributed by atoms with Gasteiger partial charge in [0.2, 0.25) is 5.91 Å². The molecule has 3 rings (SSSR count). The zero-order chi connectivity index (χ0) is 19.1. The Kier molecular flexibility index (Phi) is 6.95. The fourth-order valence-corrected chi connectivity index (χ4v) is 4.05. The third-order valence-electron chi connectivity index (χ3n) is 4.57. The number of hydrogen-bond donors (Lipinski definition) is 1. The van der Waals surface area contributed by atoms with E-state index in [0.29, 0.717) is 17.9 Å². The molecule has 1 aromatic heterocycles. The van der Waals surface area contributed by atoms with Gasteiger partial charge in [0.25, 0.3) is 0 Å². The van der Waals surface area contributed by atoms with Gasteiger partial charge in [0.15, 0.2) is 11.5 Å². The van der Waals surface area contributed by atoms with Crippen LogP contribution in [0.5, 0.6) is 11.5 Å². The number of amides is 1. The van der Waals surface area contributed by atoms with Crippen LogP contribution in [0.1, 0.15) is 18.0 Å². The van der Waals surface area contributed by atoms with Gasteiger partial charge in [-0.25, -0.2) is 0 Å².